The molecule has 144 valence electrons. The number of amides is 2. The molecule has 6 nitrogen and oxygen atoms in total. The van der Waals surface area contributed by atoms with Gasteiger partial charge in [-0.25, -0.2) is 17.9 Å². The van der Waals surface area contributed by atoms with Gasteiger partial charge < -0.3 is 10.6 Å². The van der Waals surface area contributed by atoms with E-state index in [9.17, 15) is 13.2 Å². The van der Waals surface area contributed by atoms with Crippen molar-refractivity contribution < 1.29 is 13.2 Å². The first-order valence-electron chi connectivity index (χ1n) is 9.08. The summed E-state index contributed by atoms with van der Waals surface area (Å²) in [6.45, 7) is 0.273. The maximum absolute atomic E-state index is 12.4. The van der Waals surface area contributed by atoms with Crippen LogP contribution in [0.2, 0.25) is 0 Å². The second-order valence-corrected chi connectivity index (χ2v) is 8.63. The highest BCUT2D eigenvalue weighted by atomic mass is 32.2. The molecule has 2 aromatic rings. The quantitative estimate of drug-likeness (QED) is 0.712. The van der Waals surface area contributed by atoms with Crippen LogP contribution in [0.25, 0.3) is 0 Å². The lowest BCUT2D eigenvalue weighted by atomic mass is 9.88. The molecule has 27 heavy (non-hydrogen) atoms. The van der Waals surface area contributed by atoms with Crippen molar-refractivity contribution in [2.45, 2.75) is 37.6 Å². The molecular weight excluding hydrogens is 362 g/mol. The molecule has 0 heterocycles. The highest BCUT2D eigenvalue weighted by molar-refractivity contribution is 7.88. The van der Waals surface area contributed by atoms with E-state index < -0.39 is 10.0 Å². The van der Waals surface area contributed by atoms with E-state index in [0.717, 1.165) is 24.8 Å². The number of aryl methyl sites for hydroxylation is 1. The molecule has 0 aromatic heterocycles. The Kier molecular flexibility index (Phi) is 6.13. The molecule has 0 bridgehead atoms. The minimum atomic E-state index is -3.37. The van der Waals surface area contributed by atoms with Gasteiger partial charge in [-0.05, 0) is 48.6 Å². The summed E-state index contributed by atoms with van der Waals surface area (Å²) >= 11 is 0. The van der Waals surface area contributed by atoms with Gasteiger partial charge in [-0.1, -0.05) is 48.5 Å². The smallest absolute Gasteiger partial charge is 0.315 e. The number of urea groups is 1. The van der Waals surface area contributed by atoms with Crippen molar-refractivity contribution in [3.8, 4) is 0 Å². The van der Waals surface area contributed by atoms with Crippen LogP contribution in [0.3, 0.4) is 0 Å². The second-order valence-electron chi connectivity index (χ2n) is 6.70. The molecule has 1 aliphatic carbocycles. The molecule has 0 aliphatic heterocycles. The number of benzene rings is 2. The van der Waals surface area contributed by atoms with Crippen molar-refractivity contribution >= 4 is 16.1 Å². The highest BCUT2D eigenvalue weighted by Crippen LogP contribution is 2.29. The SMILES string of the molecule is CNS(=O)(=O)Cc1ccccc1CNC(=O)N[C@@H]1CCCc2ccccc21. The van der Waals surface area contributed by atoms with Gasteiger partial charge in [-0.3, -0.25) is 0 Å². The topological polar surface area (TPSA) is 87.3 Å². The maximum atomic E-state index is 12.4. The van der Waals surface area contributed by atoms with Crippen molar-refractivity contribution in [3.63, 3.8) is 0 Å². The summed E-state index contributed by atoms with van der Waals surface area (Å²) < 4.78 is 26.0. The van der Waals surface area contributed by atoms with E-state index in [0.29, 0.717) is 5.56 Å². The average molecular weight is 388 g/mol. The summed E-state index contributed by atoms with van der Waals surface area (Å²) in [5, 5.41) is 5.90. The molecule has 0 fully saturated rings. The lowest BCUT2D eigenvalue weighted by molar-refractivity contribution is 0.235. The lowest BCUT2D eigenvalue weighted by Gasteiger charge is -2.26. The van der Waals surface area contributed by atoms with Crippen LogP contribution in [-0.4, -0.2) is 21.5 Å². The number of carbonyl (C=O) groups is 1. The second kappa shape index (κ2) is 8.54. The fraction of sp³-hybridized carbons (Fsp3) is 0.350. The van der Waals surface area contributed by atoms with Crippen molar-refractivity contribution in [2.75, 3.05) is 7.05 Å². The summed E-state index contributed by atoms with van der Waals surface area (Å²) in [6.07, 6.45) is 3.01. The zero-order valence-corrected chi connectivity index (χ0v) is 16.2. The summed E-state index contributed by atoms with van der Waals surface area (Å²) in [6, 6.07) is 15.2. The summed E-state index contributed by atoms with van der Waals surface area (Å²) in [5.74, 6) is -0.112. The average Bonchev–Trinajstić information content (AvgIpc) is 2.67. The van der Waals surface area contributed by atoms with E-state index in [1.54, 1.807) is 12.1 Å². The number of hydrogen-bond donors (Lipinski definition) is 3. The van der Waals surface area contributed by atoms with E-state index in [1.165, 1.54) is 18.2 Å². The molecule has 0 saturated carbocycles. The van der Waals surface area contributed by atoms with Crippen LogP contribution in [0.1, 0.15) is 41.1 Å². The Morgan fingerprint density at radius 1 is 1.07 bits per heavy atom. The van der Waals surface area contributed by atoms with Gasteiger partial charge in [0.05, 0.1) is 11.8 Å². The molecule has 2 aromatic carbocycles. The number of fused-ring (bicyclic) bond motifs is 1. The Balaban J connectivity index is 1.62. The van der Waals surface area contributed by atoms with Gasteiger partial charge in [0.2, 0.25) is 10.0 Å². The monoisotopic (exact) mass is 387 g/mol. The van der Waals surface area contributed by atoms with E-state index >= 15 is 0 Å². The van der Waals surface area contributed by atoms with Gasteiger partial charge >= 0.3 is 6.03 Å². The van der Waals surface area contributed by atoms with E-state index in [2.05, 4.69) is 27.5 Å². The van der Waals surface area contributed by atoms with Gasteiger partial charge in [-0.15, -0.1) is 0 Å². The van der Waals surface area contributed by atoms with Crippen LogP contribution in [0.5, 0.6) is 0 Å². The van der Waals surface area contributed by atoms with Crippen LogP contribution in [0.4, 0.5) is 4.79 Å². The minimum Gasteiger partial charge on any atom is -0.334 e. The fourth-order valence-electron chi connectivity index (χ4n) is 3.44. The van der Waals surface area contributed by atoms with Crippen LogP contribution in [-0.2, 0) is 28.7 Å². The molecule has 1 aliphatic rings. The molecule has 2 amide bonds. The molecule has 7 heteroatoms. The molecule has 0 radical (unpaired) electrons. The summed E-state index contributed by atoms with van der Waals surface area (Å²) in [5.41, 5.74) is 3.93. The Bertz CT molecular complexity index is 912. The van der Waals surface area contributed by atoms with Crippen LogP contribution in [0, 0.1) is 0 Å². The van der Waals surface area contributed by atoms with E-state index in [1.807, 2.05) is 24.3 Å². The first kappa shape index (κ1) is 19.4. The molecule has 3 N–H and O–H groups in total. The third kappa shape index (κ3) is 5.08. The predicted octanol–water partition coefficient (Wildman–Crippen LogP) is 2.61. The Hall–Kier alpha value is -2.38. The Labute approximate surface area is 160 Å². The zero-order valence-electron chi connectivity index (χ0n) is 15.4. The fourth-order valence-corrected chi connectivity index (χ4v) is 4.27. The summed E-state index contributed by atoms with van der Waals surface area (Å²) in [7, 11) is -1.97. The number of carbonyl (C=O) groups excluding carboxylic acids is 1. The van der Waals surface area contributed by atoms with Crippen molar-refractivity contribution in [2.24, 2.45) is 0 Å². The number of rotatable bonds is 6. The largest absolute Gasteiger partial charge is 0.334 e. The van der Waals surface area contributed by atoms with Crippen LogP contribution < -0.4 is 15.4 Å². The Morgan fingerprint density at radius 2 is 1.78 bits per heavy atom. The Morgan fingerprint density at radius 3 is 2.56 bits per heavy atom. The highest BCUT2D eigenvalue weighted by Gasteiger charge is 2.21. The van der Waals surface area contributed by atoms with Crippen LogP contribution in [0.15, 0.2) is 48.5 Å². The minimum absolute atomic E-state index is 0.00913. The normalized spacial score (nSPS) is 16.4. The summed E-state index contributed by atoms with van der Waals surface area (Å²) in [4.78, 5) is 12.4. The van der Waals surface area contributed by atoms with Gasteiger partial charge in [-0.2, -0.15) is 0 Å². The number of nitrogens with one attached hydrogen (secondary N) is 3. The van der Waals surface area contributed by atoms with Gasteiger partial charge in [0.1, 0.15) is 0 Å². The van der Waals surface area contributed by atoms with E-state index in [4.69, 9.17) is 0 Å². The first-order valence-corrected chi connectivity index (χ1v) is 10.7. The first-order chi connectivity index (χ1) is 13.0. The molecule has 3 rings (SSSR count). The molecule has 0 spiro atoms. The predicted molar refractivity (Wildman–Crippen MR) is 106 cm³/mol. The molecule has 1 atom stereocenters. The van der Waals surface area contributed by atoms with Crippen LogP contribution >= 0.6 is 0 Å². The lowest BCUT2D eigenvalue weighted by Crippen LogP contribution is -2.39. The maximum Gasteiger partial charge on any atom is 0.315 e. The number of sulfonamides is 1. The standard InChI is InChI=1S/C20H25N3O3S/c1-21-27(25,26)14-17-9-3-2-8-16(17)13-22-20(24)23-19-12-6-10-15-7-4-5-11-18(15)19/h2-5,7-9,11,19,21H,6,10,12-14H2,1H3,(H2,22,23,24)/t19-/m1/s1. The third-order valence-corrected chi connectivity index (χ3v) is 6.20. The van der Waals surface area contributed by atoms with Gasteiger partial charge in [0, 0.05) is 6.54 Å². The van der Waals surface area contributed by atoms with E-state index in [-0.39, 0.29) is 24.4 Å². The van der Waals surface area contributed by atoms with Gasteiger partial charge in [0.15, 0.2) is 0 Å². The zero-order chi connectivity index (χ0) is 19.3. The van der Waals surface area contributed by atoms with Crippen molar-refractivity contribution in [3.05, 3.63) is 70.8 Å². The number of hydrogen-bond acceptors (Lipinski definition) is 3. The third-order valence-electron chi connectivity index (χ3n) is 4.89. The van der Waals surface area contributed by atoms with Crippen molar-refractivity contribution in [1.29, 1.82) is 0 Å². The molecule has 0 saturated heterocycles. The van der Waals surface area contributed by atoms with Gasteiger partial charge in [0.25, 0.3) is 0 Å². The molecule has 0 unspecified atom stereocenters. The molecular formula is C20H25N3O3S. The van der Waals surface area contributed by atoms with Crippen molar-refractivity contribution in [1.82, 2.24) is 15.4 Å².